The Bertz CT molecular complexity index is 456. The highest BCUT2D eigenvalue weighted by atomic mass is 32.2. The fraction of sp³-hybridized carbons (Fsp3) is 0.556. The molecule has 0 atom stereocenters. The lowest BCUT2D eigenvalue weighted by Crippen LogP contribution is -2.11. The summed E-state index contributed by atoms with van der Waals surface area (Å²) in [6, 6.07) is 1.94. The van der Waals surface area contributed by atoms with Crippen LogP contribution in [0.3, 0.4) is 0 Å². The number of aryl methyl sites for hydroxylation is 1. The molecule has 0 amide bonds. The molecule has 0 aliphatic rings. The van der Waals surface area contributed by atoms with E-state index in [-0.39, 0.29) is 11.5 Å². The van der Waals surface area contributed by atoms with Crippen molar-refractivity contribution in [2.45, 2.75) is 19.9 Å². The highest BCUT2D eigenvalue weighted by Crippen LogP contribution is 2.00. The zero-order valence-electron chi connectivity index (χ0n) is 8.55. The van der Waals surface area contributed by atoms with Crippen LogP contribution in [-0.2, 0) is 16.4 Å². The fourth-order valence-electron chi connectivity index (χ4n) is 1.20. The standard InChI is InChI=1S/C9H13N3O2S/c1-2-15(13,14)7-3-5-12-6-4-11-9(12)8-10/h4,6H,2-3,5,7H2,1H3. The Balaban J connectivity index is 2.49. The molecule has 6 heteroatoms. The third-order valence-electron chi connectivity index (χ3n) is 2.11. The predicted octanol–water partition coefficient (Wildman–Crippen LogP) is 0.580. The van der Waals surface area contributed by atoms with Gasteiger partial charge in [0.2, 0.25) is 5.82 Å². The van der Waals surface area contributed by atoms with Crippen molar-refractivity contribution in [3.05, 3.63) is 18.2 Å². The summed E-state index contributed by atoms with van der Waals surface area (Å²) in [6.45, 7) is 2.15. The molecule has 0 saturated heterocycles. The molecule has 1 heterocycles. The van der Waals surface area contributed by atoms with Crippen LogP contribution in [0, 0.1) is 11.3 Å². The second-order valence-electron chi connectivity index (χ2n) is 3.15. The summed E-state index contributed by atoms with van der Waals surface area (Å²) in [7, 11) is -2.91. The van der Waals surface area contributed by atoms with Gasteiger partial charge in [-0.15, -0.1) is 0 Å². The third kappa shape index (κ3) is 3.36. The Morgan fingerprint density at radius 2 is 2.33 bits per heavy atom. The van der Waals surface area contributed by atoms with Gasteiger partial charge in [-0.2, -0.15) is 5.26 Å². The first-order valence-corrected chi connectivity index (χ1v) is 6.53. The molecule has 1 aromatic rings. The van der Waals surface area contributed by atoms with Gasteiger partial charge >= 0.3 is 0 Å². The number of sulfone groups is 1. The van der Waals surface area contributed by atoms with Gasteiger partial charge in [-0.25, -0.2) is 13.4 Å². The number of imidazole rings is 1. The second-order valence-corrected chi connectivity index (χ2v) is 5.62. The molecule has 0 aliphatic carbocycles. The zero-order valence-corrected chi connectivity index (χ0v) is 9.37. The first-order valence-electron chi connectivity index (χ1n) is 4.70. The Hall–Kier alpha value is -1.35. The van der Waals surface area contributed by atoms with Crippen molar-refractivity contribution in [2.75, 3.05) is 11.5 Å². The minimum Gasteiger partial charge on any atom is -0.323 e. The van der Waals surface area contributed by atoms with E-state index in [1.54, 1.807) is 17.7 Å². The van der Waals surface area contributed by atoms with Crippen LogP contribution in [0.2, 0.25) is 0 Å². The zero-order chi connectivity index (χ0) is 11.3. The van der Waals surface area contributed by atoms with Crippen molar-refractivity contribution in [3.8, 4) is 6.07 Å². The highest BCUT2D eigenvalue weighted by Gasteiger charge is 2.07. The Morgan fingerprint density at radius 1 is 1.60 bits per heavy atom. The van der Waals surface area contributed by atoms with E-state index < -0.39 is 9.84 Å². The summed E-state index contributed by atoms with van der Waals surface area (Å²) in [5.41, 5.74) is 0. The van der Waals surface area contributed by atoms with Crippen LogP contribution in [0.25, 0.3) is 0 Å². The van der Waals surface area contributed by atoms with Crippen LogP contribution in [0.4, 0.5) is 0 Å². The van der Waals surface area contributed by atoms with E-state index in [0.29, 0.717) is 18.8 Å². The van der Waals surface area contributed by atoms with E-state index >= 15 is 0 Å². The van der Waals surface area contributed by atoms with Crippen LogP contribution >= 0.6 is 0 Å². The Kier molecular flexibility index (Phi) is 3.86. The van der Waals surface area contributed by atoms with Crippen molar-refractivity contribution in [2.24, 2.45) is 0 Å². The van der Waals surface area contributed by atoms with Crippen molar-refractivity contribution < 1.29 is 8.42 Å². The van der Waals surface area contributed by atoms with Gasteiger partial charge in [0.15, 0.2) is 0 Å². The van der Waals surface area contributed by atoms with Crippen LogP contribution in [0.5, 0.6) is 0 Å². The molecule has 0 aromatic carbocycles. The quantitative estimate of drug-likeness (QED) is 0.737. The molecule has 0 spiro atoms. The summed E-state index contributed by atoms with van der Waals surface area (Å²) < 4.78 is 24.0. The molecule has 82 valence electrons. The van der Waals surface area contributed by atoms with E-state index in [1.165, 1.54) is 6.20 Å². The lowest BCUT2D eigenvalue weighted by atomic mass is 10.4. The molecule has 0 bridgehead atoms. The van der Waals surface area contributed by atoms with Crippen molar-refractivity contribution in [1.82, 2.24) is 9.55 Å². The van der Waals surface area contributed by atoms with E-state index in [0.717, 1.165) is 0 Å². The molecule has 0 N–H and O–H groups in total. The van der Waals surface area contributed by atoms with Crippen molar-refractivity contribution in [3.63, 3.8) is 0 Å². The maximum atomic E-state index is 11.2. The van der Waals surface area contributed by atoms with Crippen LogP contribution in [0.1, 0.15) is 19.2 Å². The number of hydrogen-bond donors (Lipinski definition) is 0. The van der Waals surface area contributed by atoms with Gasteiger partial charge in [0.05, 0.1) is 5.75 Å². The molecule has 15 heavy (non-hydrogen) atoms. The van der Waals surface area contributed by atoms with Gasteiger partial charge in [0, 0.05) is 24.7 Å². The molecule has 5 nitrogen and oxygen atoms in total. The molecule has 1 aromatic heterocycles. The maximum absolute atomic E-state index is 11.2. The van der Waals surface area contributed by atoms with Crippen molar-refractivity contribution >= 4 is 9.84 Å². The van der Waals surface area contributed by atoms with E-state index in [9.17, 15) is 8.42 Å². The summed E-state index contributed by atoms with van der Waals surface area (Å²) in [5.74, 6) is 0.651. The smallest absolute Gasteiger partial charge is 0.212 e. The summed E-state index contributed by atoms with van der Waals surface area (Å²) in [5, 5.41) is 8.66. The molecule has 0 aliphatic heterocycles. The van der Waals surface area contributed by atoms with Crippen LogP contribution < -0.4 is 0 Å². The highest BCUT2D eigenvalue weighted by molar-refractivity contribution is 7.91. The van der Waals surface area contributed by atoms with Gasteiger partial charge < -0.3 is 4.57 Å². The molecule has 0 radical (unpaired) electrons. The van der Waals surface area contributed by atoms with E-state index in [1.807, 2.05) is 6.07 Å². The Morgan fingerprint density at radius 3 is 2.93 bits per heavy atom. The number of aromatic nitrogens is 2. The summed E-state index contributed by atoms with van der Waals surface area (Å²) in [6.07, 6.45) is 3.73. The first kappa shape index (κ1) is 11.7. The third-order valence-corrected chi connectivity index (χ3v) is 3.90. The summed E-state index contributed by atoms with van der Waals surface area (Å²) >= 11 is 0. The predicted molar refractivity (Wildman–Crippen MR) is 55.9 cm³/mol. The molecular formula is C9H13N3O2S. The van der Waals surface area contributed by atoms with E-state index in [2.05, 4.69) is 4.98 Å². The lowest BCUT2D eigenvalue weighted by Gasteiger charge is -2.03. The SMILES string of the molecule is CCS(=O)(=O)CCCn1ccnc1C#N. The van der Waals surface area contributed by atoms with E-state index in [4.69, 9.17) is 5.26 Å². The monoisotopic (exact) mass is 227 g/mol. The average molecular weight is 227 g/mol. The molecule has 1 rings (SSSR count). The minimum absolute atomic E-state index is 0.159. The van der Waals surface area contributed by atoms with Crippen LogP contribution in [-0.4, -0.2) is 29.5 Å². The van der Waals surface area contributed by atoms with Gasteiger partial charge in [-0.3, -0.25) is 0 Å². The van der Waals surface area contributed by atoms with Gasteiger partial charge in [-0.05, 0) is 6.42 Å². The van der Waals surface area contributed by atoms with Gasteiger partial charge in [0.25, 0.3) is 0 Å². The number of hydrogen-bond acceptors (Lipinski definition) is 4. The van der Waals surface area contributed by atoms with Crippen LogP contribution in [0.15, 0.2) is 12.4 Å². The van der Waals surface area contributed by atoms with Crippen molar-refractivity contribution in [1.29, 1.82) is 5.26 Å². The van der Waals surface area contributed by atoms with Gasteiger partial charge in [-0.1, -0.05) is 6.92 Å². The number of rotatable bonds is 5. The maximum Gasteiger partial charge on any atom is 0.212 e. The second kappa shape index (κ2) is 4.94. The fourth-order valence-corrected chi connectivity index (χ4v) is 2.06. The number of nitriles is 1. The topological polar surface area (TPSA) is 75.8 Å². The largest absolute Gasteiger partial charge is 0.323 e. The van der Waals surface area contributed by atoms with Gasteiger partial charge in [0.1, 0.15) is 15.9 Å². The molecule has 0 unspecified atom stereocenters. The molecular weight excluding hydrogens is 214 g/mol. The summed E-state index contributed by atoms with van der Waals surface area (Å²) in [4.78, 5) is 3.82. The molecule has 0 fully saturated rings. The Labute approximate surface area is 89.3 Å². The average Bonchev–Trinajstić information content (AvgIpc) is 2.65. The lowest BCUT2D eigenvalue weighted by molar-refractivity contribution is 0.587. The number of nitrogens with zero attached hydrogens (tertiary/aromatic N) is 3. The minimum atomic E-state index is -2.91. The normalized spacial score (nSPS) is 11.2. The first-order chi connectivity index (χ1) is 7.09. The molecule has 0 saturated carbocycles.